The minimum atomic E-state index is -0.350. The van der Waals surface area contributed by atoms with Gasteiger partial charge in [-0.15, -0.1) is 0 Å². The molecular formula is C24H21NO3S. The fourth-order valence-corrected chi connectivity index (χ4v) is 4.10. The van der Waals surface area contributed by atoms with Crippen LogP contribution in [0.4, 0.5) is 4.79 Å². The number of phenolic OH excluding ortho intramolecular Hbond substituents is 1. The average Bonchev–Trinajstić information content (AvgIpc) is 2.97. The third-order valence-electron chi connectivity index (χ3n) is 4.94. The first kappa shape index (κ1) is 19.3. The first-order valence-corrected chi connectivity index (χ1v) is 10.1. The summed E-state index contributed by atoms with van der Waals surface area (Å²) in [4.78, 5) is 23.5. The Morgan fingerprint density at radius 2 is 1.55 bits per heavy atom. The van der Waals surface area contributed by atoms with Crippen LogP contribution in [0.3, 0.4) is 0 Å². The number of hydrogen-bond acceptors (Lipinski definition) is 4. The fourth-order valence-electron chi connectivity index (χ4n) is 3.42. The van der Waals surface area contributed by atoms with Crippen molar-refractivity contribution in [1.82, 2.24) is 5.32 Å². The Bertz CT molecular complexity index is 1190. The molecule has 0 unspecified atom stereocenters. The van der Waals surface area contributed by atoms with Crippen LogP contribution < -0.4 is 5.32 Å². The van der Waals surface area contributed by atoms with E-state index in [0.717, 1.165) is 44.8 Å². The highest BCUT2D eigenvalue weighted by Crippen LogP contribution is 2.35. The lowest BCUT2D eigenvalue weighted by Gasteiger charge is -2.21. The number of aromatic hydroxyl groups is 1. The predicted octanol–water partition coefficient (Wildman–Crippen LogP) is 5.83. The number of fused-ring (bicyclic) bond motifs is 1. The van der Waals surface area contributed by atoms with Gasteiger partial charge in [-0.1, -0.05) is 51.1 Å². The van der Waals surface area contributed by atoms with E-state index in [1.54, 1.807) is 12.1 Å². The van der Waals surface area contributed by atoms with Gasteiger partial charge in [0.25, 0.3) is 11.1 Å². The summed E-state index contributed by atoms with van der Waals surface area (Å²) in [6.07, 6.45) is 1.73. The second-order valence-electron chi connectivity index (χ2n) is 8.16. The first-order valence-electron chi connectivity index (χ1n) is 9.33. The molecule has 3 aromatic rings. The topological polar surface area (TPSA) is 66.4 Å². The molecule has 2 amide bonds. The number of carbonyl (C=O) groups is 2. The molecule has 0 atom stereocenters. The SMILES string of the molecule is CC(C)(C)c1cc(-c2ccc3cc(C=C4SC(=O)NC4=O)ccc3c2)ccc1O. The van der Waals surface area contributed by atoms with Gasteiger partial charge in [-0.3, -0.25) is 14.9 Å². The van der Waals surface area contributed by atoms with E-state index in [4.69, 9.17) is 0 Å². The smallest absolute Gasteiger partial charge is 0.290 e. The van der Waals surface area contributed by atoms with Crippen molar-refractivity contribution in [2.45, 2.75) is 26.2 Å². The number of nitrogens with one attached hydrogen (secondary N) is 1. The Morgan fingerprint density at radius 1 is 0.897 bits per heavy atom. The zero-order valence-electron chi connectivity index (χ0n) is 16.4. The quantitative estimate of drug-likeness (QED) is 0.528. The van der Waals surface area contributed by atoms with E-state index in [-0.39, 0.29) is 16.6 Å². The van der Waals surface area contributed by atoms with E-state index in [9.17, 15) is 14.7 Å². The second kappa shape index (κ2) is 7.08. The van der Waals surface area contributed by atoms with Crippen molar-refractivity contribution in [1.29, 1.82) is 0 Å². The minimum Gasteiger partial charge on any atom is -0.508 e. The highest BCUT2D eigenvalue weighted by Gasteiger charge is 2.25. The van der Waals surface area contributed by atoms with E-state index < -0.39 is 0 Å². The van der Waals surface area contributed by atoms with Crippen molar-refractivity contribution in [2.75, 3.05) is 0 Å². The Hall–Kier alpha value is -3.05. The lowest BCUT2D eigenvalue weighted by molar-refractivity contribution is -0.115. The lowest BCUT2D eigenvalue weighted by atomic mass is 9.84. The highest BCUT2D eigenvalue weighted by molar-refractivity contribution is 8.18. The molecule has 2 N–H and O–H groups in total. The summed E-state index contributed by atoms with van der Waals surface area (Å²) >= 11 is 0.919. The van der Waals surface area contributed by atoms with Gasteiger partial charge in [0.2, 0.25) is 0 Å². The van der Waals surface area contributed by atoms with E-state index in [0.29, 0.717) is 10.7 Å². The van der Waals surface area contributed by atoms with Gasteiger partial charge >= 0.3 is 0 Å². The minimum absolute atomic E-state index is 0.148. The number of benzene rings is 3. The van der Waals surface area contributed by atoms with Crippen LogP contribution in [0.1, 0.15) is 31.9 Å². The van der Waals surface area contributed by atoms with E-state index in [2.05, 4.69) is 38.2 Å². The van der Waals surface area contributed by atoms with Crippen LogP contribution in [-0.2, 0) is 10.2 Å². The van der Waals surface area contributed by atoms with E-state index >= 15 is 0 Å². The van der Waals surface area contributed by atoms with Gasteiger partial charge in [0.05, 0.1) is 4.91 Å². The van der Waals surface area contributed by atoms with Crippen LogP contribution >= 0.6 is 11.8 Å². The molecule has 0 aromatic heterocycles. The number of amides is 2. The van der Waals surface area contributed by atoms with Gasteiger partial charge in [0, 0.05) is 0 Å². The van der Waals surface area contributed by atoms with E-state index in [1.165, 1.54) is 0 Å². The molecule has 1 aliphatic heterocycles. The molecule has 4 rings (SSSR count). The maximum atomic E-state index is 11.7. The molecule has 1 heterocycles. The van der Waals surface area contributed by atoms with Crippen molar-refractivity contribution in [3.05, 3.63) is 70.6 Å². The summed E-state index contributed by atoms with van der Waals surface area (Å²) < 4.78 is 0. The van der Waals surface area contributed by atoms with Crippen molar-refractivity contribution >= 4 is 39.8 Å². The average molecular weight is 404 g/mol. The maximum Gasteiger partial charge on any atom is 0.290 e. The Kier molecular flexibility index (Phi) is 4.71. The van der Waals surface area contributed by atoms with Gasteiger partial charge in [0.1, 0.15) is 5.75 Å². The molecule has 29 heavy (non-hydrogen) atoms. The molecule has 5 heteroatoms. The Morgan fingerprint density at radius 3 is 2.24 bits per heavy atom. The van der Waals surface area contributed by atoms with Crippen LogP contribution in [0, 0.1) is 0 Å². The molecule has 1 fully saturated rings. The molecule has 0 radical (unpaired) electrons. The third kappa shape index (κ3) is 3.91. The van der Waals surface area contributed by atoms with Crippen LogP contribution in [-0.4, -0.2) is 16.3 Å². The van der Waals surface area contributed by atoms with Gasteiger partial charge in [-0.25, -0.2) is 0 Å². The van der Waals surface area contributed by atoms with Crippen LogP contribution in [0.5, 0.6) is 5.75 Å². The molecule has 3 aromatic carbocycles. The molecule has 0 bridgehead atoms. The zero-order chi connectivity index (χ0) is 20.8. The largest absolute Gasteiger partial charge is 0.508 e. The molecule has 0 saturated carbocycles. The summed E-state index contributed by atoms with van der Waals surface area (Å²) in [6, 6.07) is 17.9. The molecule has 146 valence electrons. The van der Waals surface area contributed by atoms with Crippen LogP contribution in [0.2, 0.25) is 0 Å². The summed E-state index contributed by atoms with van der Waals surface area (Å²) in [6.45, 7) is 6.25. The molecule has 0 spiro atoms. The van der Waals surface area contributed by atoms with Crippen LogP contribution in [0.15, 0.2) is 59.5 Å². The van der Waals surface area contributed by atoms with Crippen molar-refractivity contribution in [2.24, 2.45) is 0 Å². The molecule has 4 nitrogen and oxygen atoms in total. The number of carbonyl (C=O) groups excluding carboxylic acids is 2. The summed E-state index contributed by atoms with van der Waals surface area (Å²) in [5.74, 6) is -0.0375. The number of imide groups is 1. The summed E-state index contributed by atoms with van der Waals surface area (Å²) in [7, 11) is 0. The normalized spacial score (nSPS) is 15.9. The molecule has 1 aliphatic rings. The van der Waals surface area contributed by atoms with Crippen molar-refractivity contribution in [3.8, 4) is 16.9 Å². The maximum absolute atomic E-state index is 11.7. The standard InChI is InChI=1S/C24H21NO3S/c1-24(2,3)19-13-18(8-9-20(19)26)17-7-6-15-10-14(4-5-16(15)12-17)11-21-22(27)25-23(28)29-21/h4-13,26H,1-3H3,(H,25,27,28). The summed E-state index contributed by atoms with van der Waals surface area (Å²) in [5.41, 5.74) is 3.77. The number of phenols is 1. The van der Waals surface area contributed by atoms with Gasteiger partial charge < -0.3 is 5.11 Å². The van der Waals surface area contributed by atoms with Crippen molar-refractivity contribution in [3.63, 3.8) is 0 Å². The molecule has 1 saturated heterocycles. The molecule has 0 aliphatic carbocycles. The van der Waals surface area contributed by atoms with Crippen molar-refractivity contribution < 1.29 is 14.7 Å². The molecular weight excluding hydrogens is 382 g/mol. The number of thioether (sulfide) groups is 1. The summed E-state index contributed by atoms with van der Waals surface area (Å²) in [5, 5.41) is 14.3. The lowest BCUT2D eigenvalue weighted by Crippen LogP contribution is -2.17. The first-order chi connectivity index (χ1) is 13.7. The third-order valence-corrected chi connectivity index (χ3v) is 5.75. The zero-order valence-corrected chi connectivity index (χ0v) is 17.3. The fraction of sp³-hybridized carbons (Fsp3) is 0.167. The monoisotopic (exact) mass is 403 g/mol. The number of hydrogen-bond donors (Lipinski definition) is 2. The Labute approximate surface area is 173 Å². The van der Waals surface area contributed by atoms with Crippen LogP contribution in [0.25, 0.3) is 28.0 Å². The Balaban J connectivity index is 1.70. The van der Waals surface area contributed by atoms with Gasteiger partial charge in [0.15, 0.2) is 0 Å². The highest BCUT2D eigenvalue weighted by atomic mass is 32.2. The van der Waals surface area contributed by atoms with Gasteiger partial charge in [-0.05, 0) is 80.5 Å². The second-order valence-corrected chi connectivity index (χ2v) is 9.17. The predicted molar refractivity (Wildman–Crippen MR) is 119 cm³/mol. The number of rotatable bonds is 2. The van der Waals surface area contributed by atoms with E-state index in [1.807, 2.05) is 36.4 Å². The van der Waals surface area contributed by atoms with Gasteiger partial charge in [-0.2, -0.15) is 0 Å².